The van der Waals surface area contributed by atoms with Crippen molar-refractivity contribution in [2.75, 3.05) is 16.4 Å². The zero-order chi connectivity index (χ0) is 19.6. The number of hydrogen-bond acceptors (Lipinski definition) is 5. The van der Waals surface area contributed by atoms with Crippen LogP contribution in [0.3, 0.4) is 0 Å². The number of halogens is 1. The van der Waals surface area contributed by atoms with Crippen LogP contribution in [-0.2, 0) is 9.59 Å². The summed E-state index contributed by atoms with van der Waals surface area (Å²) in [6, 6.07) is 5.13. The SMILES string of the molecule is CCCSc1nc2c(c(=O)[nH]1)C(C(=O)Nc1ccc(C)c(Cl)c1)CC(=O)N2. The number of rotatable bonds is 5. The fourth-order valence-corrected chi connectivity index (χ4v) is 3.64. The molecular weight excluding hydrogens is 388 g/mol. The van der Waals surface area contributed by atoms with Gasteiger partial charge in [-0.2, -0.15) is 0 Å². The molecule has 0 spiro atoms. The smallest absolute Gasteiger partial charge is 0.257 e. The molecule has 1 aliphatic heterocycles. The van der Waals surface area contributed by atoms with Gasteiger partial charge in [0.05, 0.1) is 11.5 Å². The average Bonchev–Trinajstić information content (AvgIpc) is 2.62. The highest BCUT2D eigenvalue weighted by Crippen LogP contribution is 2.31. The van der Waals surface area contributed by atoms with Crippen molar-refractivity contribution < 1.29 is 9.59 Å². The van der Waals surface area contributed by atoms with Crippen molar-refractivity contribution in [1.29, 1.82) is 0 Å². The molecular formula is C18H19ClN4O3S. The van der Waals surface area contributed by atoms with Crippen molar-refractivity contribution in [3.63, 3.8) is 0 Å². The molecule has 3 rings (SSSR count). The van der Waals surface area contributed by atoms with Crippen LogP contribution in [0.1, 0.15) is 36.8 Å². The molecule has 0 saturated heterocycles. The molecule has 0 radical (unpaired) electrons. The summed E-state index contributed by atoms with van der Waals surface area (Å²) in [5.41, 5.74) is 1.14. The van der Waals surface area contributed by atoms with Crippen LogP contribution in [0.4, 0.5) is 11.5 Å². The highest BCUT2D eigenvalue weighted by Gasteiger charge is 2.34. The number of thioether (sulfide) groups is 1. The number of hydrogen-bond donors (Lipinski definition) is 3. The number of benzene rings is 1. The van der Waals surface area contributed by atoms with Gasteiger partial charge in [0, 0.05) is 22.9 Å². The maximum atomic E-state index is 12.8. The zero-order valence-electron chi connectivity index (χ0n) is 14.9. The van der Waals surface area contributed by atoms with Crippen LogP contribution < -0.4 is 16.2 Å². The number of aromatic nitrogens is 2. The van der Waals surface area contributed by atoms with Gasteiger partial charge in [-0.05, 0) is 31.0 Å². The standard InChI is InChI=1S/C18H19ClN4O3S/c1-3-6-27-18-22-15-14(17(26)23-18)11(8-13(24)21-15)16(25)20-10-5-4-9(2)12(19)7-10/h4-5,7,11H,3,6,8H2,1-2H3,(H,20,25)(H2,21,22,23,24,26). The molecule has 3 N–H and O–H groups in total. The number of nitrogens with zero attached hydrogens (tertiary/aromatic N) is 1. The van der Waals surface area contributed by atoms with Gasteiger partial charge in [0.2, 0.25) is 11.8 Å². The first kappa shape index (κ1) is 19.4. The second kappa shape index (κ2) is 8.14. The van der Waals surface area contributed by atoms with E-state index in [0.717, 1.165) is 17.7 Å². The lowest BCUT2D eigenvalue weighted by Crippen LogP contribution is -2.36. The van der Waals surface area contributed by atoms with Gasteiger partial charge >= 0.3 is 0 Å². The molecule has 7 nitrogen and oxygen atoms in total. The van der Waals surface area contributed by atoms with Gasteiger partial charge in [-0.1, -0.05) is 36.4 Å². The highest BCUT2D eigenvalue weighted by atomic mass is 35.5. The molecule has 0 aliphatic carbocycles. The summed E-state index contributed by atoms with van der Waals surface area (Å²) in [5, 5.41) is 6.27. The molecule has 2 aromatic rings. The van der Waals surface area contributed by atoms with E-state index in [2.05, 4.69) is 20.6 Å². The number of carbonyl (C=O) groups is 2. The number of carbonyl (C=O) groups excluding carboxylic acids is 2. The summed E-state index contributed by atoms with van der Waals surface area (Å²) in [5.74, 6) is -0.791. The van der Waals surface area contributed by atoms with E-state index in [1.807, 2.05) is 13.8 Å². The predicted molar refractivity (Wildman–Crippen MR) is 107 cm³/mol. The Kier molecular flexibility index (Phi) is 5.86. The first-order valence-corrected chi connectivity index (χ1v) is 9.89. The molecule has 1 aliphatic rings. The minimum absolute atomic E-state index is 0.120. The van der Waals surface area contributed by atoms with Crippen molar-refractivity contribution in [3.8, 4) is 0 Å². The second-order valence-corrected chi connectivity index (χ2v) is 7.73. The number of aryl methyl sites for hydroxylation is 1. The molecule has 0 bridgehead atoms. The molecule has 0 fully saturated rings. The van der Waals surface area contributed by atoms with E-state index in [0.29, 0.717) is 15.9 Å². The number of amides is 2. The number of anilines is 2. The van der Waals surface area contributed by atoms with Crippen LogP contribution in [-0.4, -0.2) is 27.5 Å². The fourth-order valence-electron chi connectivity index (χ4n) is 2.74. The van der Waals surface area contributed by atoms with Crippen LogP contribution in [0.5, 0.6) is 0 Å². The first-order valence-electron chi connectivity index (χ1n) is 8.53. The van der Waals surface area contributed by atoms with Crippen LogP contribution in [0.15, 0.2) is 28.2 Å². The Hall–Kier alpha value is -2.32. The van der Waals surface area contributed by atoms with Gasteiger partial charge in [0.15, 0.2) is 5.16 Å². The summed E-state index contributed by atoms with van der Waals surface area (Å²) in [4.78, 5) is 44.4. The first-order chi connectivity index (χ1) is 12.9. The Labute approximate surface area is 165 Å². The van der Waals surface area contributed by atoms with Gasteiger partial charge < -0.3 is 15.6 Å². The third-order valence-electron chi connectivity index (χ3n) is 4.13. The van der Waals surface area contributed by atoms with Crippen LogP contribution >= 0.6 is 23.4 Å². The normalized spacial score (nSPS) is 15.8. The van der Waals surface area contributed by atoms with Gasteiger partial charge in [-0.3, -0.25) is 14.4 Å². The largest absolute Gasteiger partial charge is 0.325 e. The number of nitrogens with one attached hydrogen (secondary N) is 3. The van der Waals surface area contributed by atoms with Gasteiger partial charge in [-0.25, -0.2) is 4.98 Å². The highest BCUT2D eigenvalue weighted by molar-refractivity contribution is 7.99. The maximum absolute atomic E-state index is 12.8. The molecule has 9 heteroatoms. The summed E-state index contributed by atoms with van der Waals surface area (Å²) in [7, 11) is 0. The summed E-state index contributed by atoms with van der Waals surface area (Å²) < 4.78 is 0. The molecule has 142 valence electrons. The topological polar surface area (TPSA) is 104 Å². The van der Waals surface area contributed by atoms with Gasteiger partial charge in [-0.15, -0.1) is 0 Å². The van der Waals surface area contributed by atoms with E-state index in [9.17, 15) is 14.4 Å². The van der Waals surface area contributed by atoms with Crippen LogP contribution in [0, 0.1) is 6.92 Å². The van der Waals surface area contributed by atoms with E-state index >= 15 is 0 Å². The molecule has 2 heterocycles. The summed E-state index contributed by atoms with van der Waals surface area (Å²) >= 11 is 7.48. The quantitative estimate of drug-likeness (QED) is 0.522. The van der Waals surface area contributed by atoms with Crippen molar-refractivity contribution in [2.45, 2.75) is 37.8 Å². The Morgan fingerprint density at radius 1 is 1.41 bits per heavy atom. The van der Waals surface area contributed by atoms with Gasteiger partial charge in [0.1, 0.15) is 5.82 Å². The van der Waals surface area contributed by atoms with Crippen molar-refractivity contribution in [2.24, 2.45) is 0 Å². The lowest BCUT2D eigenvalue weighted by atomic mass is 9.92. The molecule has 1 aromatic carbocycles. The molecule has 0 saturated carbocycles. The number of H-pyrrole nitrogens is 1. The summed E-state index contributed by atoms with van der Waals surface area (Å²) in [6.07, 6.45) is 0.798. The van der Waals surface area contributed by atoms with Crippen LogP contribution in [0.25, 0.3) is 0 Å². The molecule has 27 heavy (non-hydrogen) atoms. The van der Waals surface area contributed by atoms with Crippen molar-refractivity contribution in [3.05, 3.63) is 44.7 Å². The Balaban J connectivity index is 1.90. The monoisotopic (exact) mass is 406 g/mol. The maximum Gasteiger partial charge on any atom is 0.257 e. The third kappa shape index (κ3) is 4.33. The Morgan fingerprint density at radius 3 is 2.89 bits per heavy atom. The average molecular weight is 407 g/mol. The Bertz CT molecular complexity index is 960. The van der Waals surface area contributed by atoms with Crippen molar-refractivity contribution in [1.82, 2.24) is 9.97 Å². The molecule has 1 unspecified atom stereocenters. The van der Waals surface area contributed by atoms with Crippen molar-refractivity contribution >= 4 is 46.7 Å². The predicted octanol–water partition coefficient (Wildman–Crippen LogP) is 3.30. The van der Waals surface area contributed by atoms with Crippen LogP contribution in [0.2, 0.25) is 5.02 Å². The molecule has 2 amide bonds. The lowest BCUT2D eigenvalue weighted by molar-refractivity contribution is -0.123. The Morgan fingerprint density at radius 2 is 2.19 bits per heavy atom. The zero-order valence-corrected chi connectivity index (χ0v) is 16.5. The number of fused-ring (bicyclic) bond motifs is 1. The second-order valence-electron chi connectivity index (χ2n) is 6.24. The molecule has 1 atom stereocenters. The van der Waals surface area contributed by atoms with E-state index in [-0.39, 0.29) is 23.7 Å². The third-order valence-corrected chi connectivity index (χ3v) is 5.61. The number of aromatic amines is 1. The van der Waals surface area contributed by atoms with Gasteiger partial charge in [0.25, 0.3) is 5.56 Å². The summed E-state index contributed by atoms with van der Waals surface area (Å²) in [6.45, 7) is 3.87. The van der Waals surface area contributed by atoms with E-state index in [1.165, 1.54) is 11.8 Å². The molecule has 1 aromatic heterocycles. The van der Waals surface area contributed by atoms with E-state index in [4.69, 9.17) is 11.6 Å². The lowest BCUT2D eigenvalue weighted by Gasteiger charge is -2.23. The van der Waals surface area contributed by atoms with E-state index in [1.54, 1.807) is 18.2 Å². The minimum atomic E-state index is -0.921. The fraction of sp³-hybridized carbons (Fsp3) is 0.333. The minimum Gasteiger partial charge on any atom is -0.325 e. The van der Waals surface area contributed by atoms with E-state index < -0.39 is 17.4 Å².